The number of ether oxygens (including phenoxy) is 2. The monoisotopic (exact) mass is 346 g/mol. The van der Waals surface area contributed by atoms with Crippen LogP contribution in [0.4, 0.5) is 0 Å². The number of allylic oxidation sites excluding steroid dienone is 1. The molecular formula is C22H34O3. The second-order valence-electron chi connectivity index (χ2n) is 9.06. The first kappa shape index (κ1) is 17.6. The predicted molar refractivity (Wildman–Crippen MR) is 97.8 cm³/mol. The topological polar surface area (TPSA) is 35.5 Å². The normalized spacial score (nSPS) is 40.5. The highest BCUT2D eigenvalue weighted by atomic mass is 16.5. The van der Waals surface area contributed by atoms with Crippen LogP contribution in [0.5, 0.6) is 0 Å². The van der Waals surface area contributed by atoms with Gasteiger partial charge in [0, 0.05) is 5.92 Å². The van der Waals surface area contributed by atoms with Crippen LogP contribution in [0.2, 0.25) is 0 Å². The number of carbonyl (C=O) groups is 1. The van der Waals surface area contributed by atoms with Crippen molar-refractivity contribution in [1.82, 2.24) is 0 Å². The van der Waals surface area contributed by atoms with Crippen molar-refractivity contribution in [2.45, 2.75) is 90.3 Å². The Bertz CT molecular complexity index is 519. The molecular weight excluding hydrogens is 312 g/mol. The van der Waals surface area contributed by atoms with Gasteiger partial charge >= 0.3 is 5.97 Å². The van der Waals surface area contributed by atoms with Gasteiger partial charge < -0.3 is 9.47 Å². The third kappa shape index (κ3) is 3.54. The van der Waals surface area contributed by atoms with Crippen molar-refractivity contribution in [1.29, 1.82) is 0 Å². The highest BCUT2D eigenvalue weighted by Crippen LogP contribution is 2.49. The highest BCUT2D eigenvalue weighted by molar-refractivity contribution is 5.75. The van der Waals surface area contributed by atoms with Gasteiger partial charge in [0.05, 0.1) is 18.1 Å². The van der Waals surface area contributed by atoms with Crippen molar-refractivity contribution >= 4 is 5.97 Å². The van der Waals surface area contributed by atoms with E-state index in [1.807, 2.05) is 0 Å². The SMILES string of the molecule is C[C@@H]1CC(O[C@H](C)C2CCCCC2)C=C2OC(=O)C3CCCCC3C21. The second kappa shape index (κ2) is 7.42. The summed E-state index contributed by atoms with van der Waals surface area (Å²) in [6.07, 6.45) is 15.0. The molecule has 6 atom stereocenters. The summed E-state index contributed by atoms with van der Waals surface area (Å²) < 4.78 is 12.3. The Morgan fingerprint density at radius 3 is 2.60 bits per heavy atom. The van der Waals surface area contributed by atoms with E-state index in [0.717, 1.165) is 18.6 Å². The molecule has 140 valence electrons. The number of rotatable bonds is 3. The lowest BCUT2D eigenvalue weighted by molar-refractivity contribution is -0.159. The van der Waals surface area contributed by atoms with Gasteiger partial charge in [0.25, 0.3) is 0 Å². The van der Waals surface area contributed by atoms with Crippen LogP contribution in [0.3, 0.4) is 0 Å². The van der Waals surface area contributed by atoms with E-state index in [2.05, 4.69) is 19.9 Å². The lowest BCUT2D eigenvalue weighted by Crippen LogP contribution is -2.45. The van der Waals surface area contributed by atoms with E-state index >= 15 is 0 Å². The molecule has 0 aromatic heterocycles. The summed E-state index contributed by atoms with van der Waals surface area (Å²) in [5.41, 5.74) is 0. The molecule has 4 aliphatic rings. The maximum Gasteiger partial charge on any atom is 0.314 e. The summed E-state index contributed by atoms with van der Waals surface area (Å²) in [5.74, 6) is 3.31. The number of hydrogen-bond acceptors (Lipinski definition) is 3. The third-order valence-electron chi connectivity index (χ3n) is 7.40. The molecule has 4 rings (SSSR count). The summed E-state index contributed by atoms with van der Waals surface area (Å²) in [6.45, 7) is 4.58. The average molecular weight is 347 g/mol. The molecule has 3 nitrogen and oxygen atoms in total. The largest absolute Gasteiger partial charge is 0.431 e. The van der Waals surface area contributed by atoms with E-state index in [1.165, 1.54) is 51.4 Å². The van der Waals surface area contributed by atoms with Crippen molar-refractivity contribution in [3.05, 3.63) is 11.8 Å². The van der Waals surface area contributed by atoms with Crippen molar-refractivity contribution in [2.75, 3.05) is 0 Å². The van der Waals surface area contributed by atoms with Gasteiger partial charge in [-0.3, -0.25) is 4.79 Å². The first-order valence-corrected chi connectivity index (χ1v) is 10.7. The molecule has 25 heavy (non-hydrogen) atoms. The Morgan fingerprint density at radius 2 is 1.80 bits per heavy atom. The molecule has 0 N–H and O–H groups in total. The fourth-order valence-corrected chi connectivity index (χ4v) is 6.05. The van der Waals surface area contributed by atoms with Crippen LogP contribution >= 0.6 is 0 Å². The molecule has 0 spiro atoms. The van der Waals surface area contributed by atoms with E-state index < -0.39 is 0 Å². The maximum absolute atomic E-state index is 12.5. The zero-order chi connectivity index (χ0) is 17.4. The zero-order valence-electron chi connectivity index (χ0n) is 15.9. The zero-order valence-corrected chi connectivity index (χ0v) is 15.9. The molecule has 3 fully saturated rings. The molecule has 0 aromatic carbocycles. The van der Waals surface area contributed by atoms with Crippen molar-refractivity contribution in [2.24, 2.45) is 29.6 Å². The predicted octanol–water partition coefficient (Wildman–Crippen LogP) is 5.24. The molecule has 0 amide bonds. The fraction of sp³-hybridized carbons (Fsp3) is 0.864. The van der Waals surface area contributed by atoms with Gasteiger partial charge in [-0.05, 0) is 62.9 Å². The standard InChI is InChI=1S/C22H34O3/c1-14-12-17(24-15(2)16-8-4-3-5-9-16)13-20-21(14)18-10-6-7-11-19(18)22(23)25-20/h13-19,21H,3-12H2,1-2H3/t14-,15-,17?,18?,19?,21?/m1/s1. The molecule has 1 saturated heterocycles. The van der Waals surface area contributed by atoms with E-state index in [0.29, 0.717) is 29.8 Å². The number of fused-ring (bicyclic) bond motifs is 3. The quantitative estimate of drug-likeness (QED) is 0.655. The van der Waals surface area contributed by atoms with Crippen LogP contribution in [0, 0.1) is 29.6 Å². The minimum atomic E-state index is 0.0281. The van der Waals surface area contributed by atoms with E-state index in [1.54, 1.807) is 0 Å². The van der Waals surface area contributed by atoms with E-state index in [9.17, 15) is 4.79 Å². The third-order valence-corrected chi connectivity index (χ3v) is 7.40. The van der Waals surface area contributed by atoms with Crippen LogP contribution in [0.25, 0.3) is 0 Å². The molecule has 0 bridgehead atoms. The summed E-state index contributed by atoms with van der Waals surface area (Å²) in [6, 6.07) is 0. The van der Waals surface area contributed by atoms with Gasteiger partial charge in [0.15, 0.2) is 0 Å². The molecule has 0 aromatic rings. The number of esters is 1. The lowest BCUT2D eigenvalue weighted by Gasteiger charge is -2.46. The highest BCUT2D eigenvalue weighted by Gasteiger charge is 2.48. The Labute approximate surface area is 152 Å². The molecule has 0 radical (unpaired) electrons. The maximum atomic E-state index is 12.5. The summed E-state index contributed by atoms with van der Waals surface area (Å²) in [4.78, 5) is 12.5. The Kier molecular flexibility index (Phi) is 5.22. The van der Waals surface area contributed by atoms with Crippen LogP contribution in [-0.4, -0.2) is 18.2 Å². The van der Waals surface area contributed by atoms with Crippen molar-refractivity contribution in [3.63, 3.8) is 0 Å². The summed E-state index contributed by atoms with van der Waals surface area (Å²) in [5, 5.41) is 0. The smallest absolute Gasteiger partial charge is 0.314 e. The van der Waals surface area contributed by atoms with Gasteiger partial charge in [-0.2, -0.15) is 0 Å². The summed E-state index contributed by atoms with van der Waals surface area (Å²) >= 11 is 0. The first-order chi connectivity index (χ1) is 12.1. The minimum absolute atomic E-state index is 0.0281. The molecule has 2 saturated carbocycles. The summed E-state index contributed by atoms with van der Waals surface area (Å²) in [7, 11) is 0. The van der Waals surface area contributed by atoms with Crippen molar-refractivity contribution < 1.29 is 14.3 Å². The van der Waals surface area contributed by atoms with E-state index in [-0.39, 0.29) is 18.0 Å². The number of hydrogen-bond donors (Lipinski definition) is 0. The molecule has 1 aliphatic heterocycles. The Morgan fingerprint density at radius 1 is 1.08 bits per heavy atom. The minimum Gasteiger partial charge on any atom is -0.431 e. The molecule has 4 unspecified atom stereocenters. The van der Waals surface area contributed by atoms with Crippen molar-refractivity contribution in [3.8, 4) is 0 Å². The number of carbonyl (C=O) groups excluding carboxylic acids is 1. The lowest BCUT2D eigenvalue weighted by atomic mass is 9.64. The van der Waals surface area contributed by atoms with Gasteiger partial charge in [-0.15, -0.1) is 0 Å². The van der Waals surface area contributed by atoms with Crippen LogP contribution in [-0.2, 0) is 14.3 Å². The Balaban J connectivity index is 1.46. The molecule has 3 aliphatic carbocycles. The van der Waals surface area contributed by atoms with Gasteiger partial charge in [-0.1, -0.05) is 39.0 Å². The van der Waals surface area contributed by atoms with Gasteiger partial charge in [0.2, 0.25) is 0 Å². The second-order valence-corrected chi connectivity index (χ2v) is 9.06. The van der Waals surface area contributed by atoms with Crippen LogP contribution in [0.1, 0.15) is 78.1 Å². The molecule has 3 heteroatoms. The van der Waals surface area contributed by atoms with Crippen LogP contribution in [0.15, 0.2) is 11.8 Å². The van der Waals surface area contributed by atoms with Gasteiger partial charge in [-0.25, -0.2) is 0 Å². The van der Waals surface area contributed by atoms with Gasteiger partial charge in [0.1, 0.15) is 5.76 Å². The van der Waals surface area contributed by atoms with E-state index in [4.69, 9.17) is 9.47 Å². The first-order valence-electron chi connectivity index (χ1n) is 10.7. The Hall–Kier alpha value is -0.830. The van der Waals surface area contributed by atoms with Crippen LogP contribution < -0.4 is 0 Å². The average Bonchev–Trinajstić information content (AvgIpc) is 2.62. The fourth-order valence-electron chi connectivity index (χ4n) is 6.05. The molecule has 1 heterocycles.